The van der Waals surface area contributed by atoms with Gasteiger partial charge < -0.3 is 14.9 Å². The zero-order valence-electron chi connectivity index (χ0n) is 10.6. The number of carboxylic acids is 1. The predicted octanol–water partition coefficient (Wildman–Crippen LogP) is 2.97. The minimum atomic E-state index is -1.32. The van der Waals surface area contributed by atoms with E-state index in [-0.39, 0.29) is 69.7 Å². The van der Waals surface area contributed by atoms with Crippen molar-refractivity contribution in [1.82, 2.24) is 0 Å². The SMILES string of the molecule is O=C(O)c1cc(Cl)ccc1OC(=O)c1cc(Cl)cc(Cl)c1O.[LiH].[LiH]. The average Bonchev–Trinajstić information content (AvgIpc) is 2.44. The van der Waals surface area contributed by atoms with Crippen LogP contribution in [0.15, 0.2) is 30.3 Å². The summed E-state index contributed by atoms with van der Waals surface area (Å²) in [5.74, 6) is -3.07. The molecule has 0 fully saturated rings. The molecule has 0 saturated heterocycles. The van der Waals surface area contributed by atoms with Gasteiger partial charge in [-0.3, -0.25) is 0 Å². The molecule has 0 aliphatic rings. The monoisotopic (exact) mass is 376 g/mol. The fourth-order valence-electron chi connectivity index (χ4n) is 1.63. The average molecular weight is 377 g/mol. The van der Waals surface area contributed by atoms with Crippen molar-refractivity contribution in [3.8, 4) is 11.5 Å². The second-order valence-corrected chi connectivity index (χ2v) is 5.40. The quantitative estimate of drug-likeness (QED) is 0.488. The van der Waals surface area contributed by atoms with E-state index in [2.05, 4.69) is 0 Å². The zero-order chi connectivity index (χ0) is 16.4. The van der Waals surface area contributed by atoms with Gasteiger partial charge in [0.1, 0.15) is 22.6 Å². The Balaban J connectivity index is 0.00000264. The maximum absolute atomic E-state index is 12.1. The molecular formula is C14H9Cl3Li2O5. The van der Waals surface area contributed by atoms with E-state index in [1.54, 1.807) is 0 Å². The molecule has 0 saturated carbocycles. The van der Waals surface area contributed by atoms with Crippen LogP contribution in [0.3, 0.4) is 0 Å². The summed E-state index contributed by atoms with van der Waals surface area (Å²) < 4.78 is 4.98. The van der Waals surface area contributed by atoms with Crippen molar-refractivity contribution >= 4 is 84.5 Å². The van der Waals surface area contributed by atoms with Crippen LogP contribution in [0.25, 0.3) is 0 Å². The van der Waals surface area contributed by atoms with Gasteiger partial charge in [0.05, 0.1) is 5.02 Å². The van der Waals surface area contributed by atoms with Crippen molar-refractivity contribution in [2.24, 2.45) is 0 Å². The van der Waals surface area contributed by atoms with E-state index < -0.39 is 17.7 Å². The van der Waals surface area contributed by atoms with Gasteiger partial charge in [-0.2, -0.15) is 0 Å². The van der Waals surface area contributed by atoms with Crippen LogP contribution < -0.4 is 4.74 Å². The first kappa shape index (κ1) is 23.2. The molecule has 0 radical (unpaired) electrons. The molecule has 2 aromatic carbocycles. The molecule has 0 aliphatic carbocycles. The van der Waals surface area contributed by atoms with E-state index in [0.717, 1.165) is 12.1 Å². The molecule has 2 rings (SSSR count). The van der Waals surface area contributed by atoms with Crippen LogP contribution in [0, 0.1) is 0 Å². The number of benzene rings is 2. The Morgan fingerprint density at radius 2 is 1.50 bits per heavy atom. The Bertz CT molecular complexity index is 783. The van der Waals surface area contributed by atoms with Crippen molar-refractivity contribution in [2.75, 3.05) is 0 Å². The molecule has 0 aromatic heterocycles. The third kappa shape index (κ3) is 5.38. The van der Waals surface area contributed by atoms with E-state index in [0.29, 0.717) is 0 Å². The van der Waals surface area contributed by atoms with Crippen molar-refractivity contribution < 1.29 is 24.5 Å². The Morgan fingerprint density at radius 3 is 2.08 bits per heavy atom. The summed E-state index contributed by atoms with van der Waals surface area (Å²) >= 11 is 17.2. The molecule has 0 unspecified atom stereocenters. The first-order chi connectivity index (χ1) is 10.3. The van der Waals surface area contributed by atoms with Crippen LogP contribution >= 0.6 is 34.8 Å². The van der Waals surface area contributed by atoms with E-state index in [1.807, 2.05) is 0 Å². The summed E-state index contributed by atoms with van der Waals surface area (Å²) in [4.78, 5) is 23.2. The van der Waals surface area contributed by atoms with Crippen molar-refractivity contribution in [1.29, 1.82) is 0 Å². The molecule has 118 valence electrons. The topological polar surface area (TPSA) is 83.8 Å². The Kier molecular flexibility index (Phi) is 9.35. The Morgan fingerprint density at radius 1 is 0.917 bits per heavy atom. The number of carboxylic acid groups (broad SMARTS) is 1. The molecule has 5 nitrogen and oxygen atoms in total. The molecule has 24 heavy (non-hydrogen) atoms. The van der Waals surface area contributed by atoms with Crippen LogP contribution in [0.4, 0.5) is 0 Å². The number of hydrogen-bond donors (Lipinski definition) is 2. The standard InChI is InChI=1S/C14H7Cl3O5.2Li.2H/c15-6-1-2-11(8(3-6)13(19)20)22-14(21)9-4-7(16)5-10(17)12(9)18;;;;/h1-5,18H,(H,19,20);;;;. The number of phenols is 1. The minimum absolute atomic E-state index is 0. The van der Waals surface area contributed by atoms with Crippen molar-refractivity contribution in [3.05, 3.63) is 56.5 Å². The molecule has 0 spiro atoms. The van der Waals surface area contributed by atoms with Crippen LogP contribution in [-0.4, -0.2) is 59.9 Å². The number of aromatic carboxylic acids is 1. The van der Waals surface area contributed by atoms with Crippen LogP contribution in [0.2, 0.25) is 15.1 Å². The van der Waals surface area contributed by atoms with Gasteiger partial charge in [0.2, 0.25) is 0 Å². The second kappa shape index (κ2) is 9.66. The molecule has 2 aromatic rings. The number of phenolic OH excluding ortho intramolecular Hbond substituents is 1. The van der Waals surface area contributed by atoms with Crippen LogP contribution in [0.1, 0.15) is 20.7 Å². The van der Waals surface area contributed by atoms with Gasteiger partial charge in [-0.15, -0.1) is 0 Å². The fraction of sp³-hybridized carbons (Fsp3) is 0. The molecule has 2 N–H and O–H groups in total. The third-order valence-corrected chi connectivity index (χ3v) is 3.36. The van der Waals surface area contributed by atoms with Crippen LogP contribution in [0.5, 0.6) is 11.5 Å². The first-order valence-corrected chi connectivity index (χ1v) is 6.86. The van der Waals surface area contributed by atoms with Crippen molar-refractivity contribution in [2.45, 2.75) is 0 Å². The van der Waals surface area contributed by atoms with Crippen molar-refractivity contribution in [3.63, 3.8) is 0 Å². The number of carbonyl (C=O) groups is 2. The molecule has 0 heterocycles. The third-order valence-electron chi connectivity index (χ3n) is 2.62. The van der Waals surface area contributed by atoms with E-state index in [9.17, 15) is 14.7 Å². The van der Waals surface area contributed by atoms with Gasteiger partial charge in [-0.1, -0.05) is 34.8 Å². The Labute approximate surface area is 176 Å². The fourth-order valence-corrected chi connectivity index (χ4v) is 2.30. The van der Waals surface area contributed by atoms with Gasteiger partial charge in [-0.05, 0) is 30.3 Å². The van der Waals surface area contributed by atoms with Gasteiger partial charge in [0.25, 0.3) is 0 Å². The number of hydrogen-bond acceptors (Lipinski definition) is 4. The summed E-state index contributed by atoms with van der Waals surface area (Å²) in [5.41, 5.74) is -0.586. The number of carbonyl (C=O) groups excluding carboxylic acids is 1. The normalized spacial score (nSPS) is 9.46. The molecular weight excluding hydrogens is 368 g/mol. The number of halogens is 3. The van der Waals surface area contributed by atoms with Crippen LogP contribution in [-0.2, 0) is 0 Å². The molecule has 0 bridgehead atoms. The number of aromatic hydroxyl groups is 1. The Hall–Kier alpha value is -0.755. The number of esters is 1. The van der Waals surface area contributed by atoms with E-state index in [4.69, 9.17) is 44.6 Å². The zero-order valence-corrected chi connectivity index (χ0v) is 12.9. The summed E-state index contributed by atoms with van der Waals surface area (Å²) in [7, 11) is 0. The summed E-state index contributed by atoms with van der Waals surface area (Å²) in [6.45, 7) is 0. The molecule has 0 amide bonds. The first-order valence-electron chi connectivity index (χ1n) is 5.72. The number of ether oxygens (including phenoxy) is 1. The summed E-state index contributed by atoms with van der Waals surface area (Å²) in [6.07, 6.45) is 0. The van der Waals surface area contributed by atoms with E-state index >= 15 is 0 Å². The summed E-state index contributed by atoms with van der Waals surface area (Å²) in [5, 5.41) is 19.0. The molecule has 0 atom stereocenters. The predicted molar refractivity (Wildman–Crippen MR) is 95.8 cm³/mol. The van der Waals surface area contributed by atoms with Gasteiger partial charge in [0.15, 0.2) is 0 Å². The van der Waals surface area contributed by atoms with Gasteiger partial charge in [-0.25, -0.2) is 9.59 Å². The molecule has 0 aliphatic heterocycles. The maximum atomic E-state index is 12.1. The summed E-state index contributed by atoms with van der Waals surface area (Å²) in [6, 6.07) is 6.13. The second-order valence-electron chi connectivity index (χ2n) is 4.12. The number of rotatable bonds is 3. The van der Waals surface area contributed by atoms with Gasteiger partial charge in [0, 0.05) is 10.0 Å². The molecule has 10 heteroatoms. The van der Waals surface area contributed by atoms with E-state index in [1.165, 1.54) is 18.2 Å². The van der Waals surface area contributed by atoms with Gasteiger partial charge >= 0.3 is 49.7 Å².